The van der Waals surface area contributed by atoms with Gasteiger partial charge >= 0.3 is 19.3 Å². The minimum Gasteiger partial charge on any atom is -0.496 e. The molecule has 6 aromatic rings. The van der Waals surface area contributed by atoms with Crippen LogP contribution in [0.4, 0.5) is 9.59 Å². The van der Waals surface area contributed by atoms with Gasteiger partial charge in [0.15, 0.2) is 0 Å². The molecule has 5 aliphatic rings. The topological polar surface area (TPSA) is 209 Å². The van der Waals surface area contributed by atoms with Crippen LogP contribution in [0.25, 0.3) is 32.7 Å². The van der Waals surface area contributed by atoms with Crippen molar-refractivity contribution in [3.63, 3.8) is 0 Å². The summed E-state index contributed by atoms with van der Waals surface area (Å²) in [6, 6.07) is 12.0. The molecular formula is C84H124BBrN8O14. The first kappa shape index (κ1) is 85.2. The Balaban J connectivity index is 0.000000205. The fourth-order valence-electron chi connectivity index (χ4n) is 14.8. The molecule has 4 aromatic heterocycles. The lowest BCUT2D eigenvalue weighted by atomic mass is 9.78. The number of likely N-dealkylation sites (tertiary alicyclic amines) is 4. The third-order valence-corrected chi connectivity index (χ3v) is 22.3. The molecule has 2 amide bonds. The smallest absolute Gasteiger partial charge is 0.495 e. The van der Waals surface area contributed by atoms with Gasteiger partial charge in [0.05, 0.1) is 74.8 Å². The zero-order valence-electron chi connectivity index (χ0n) is 67.7. The quantitative estimate of drug-likeness (QED) is 0.0365. The van der Waals surface area contributed by atoms with E-state index >= 15 is 0 Å². The maximum atomic E-state index is 13.3. The fourth-order valence-corrected chi connectivity index (χ4v) is 15.4. The van der Waals surface area contributed by atoms with Gasteiger partial charge in [-0.15, -0.1) is 0 Å². The van der Waals surface area contributed by atoms with Crippen LogP contribution < -0.4 is 35.5 Å². The second-order valence-corrected chi connectivity index (χ2v) is 33.4. The largest absolute Gasteiger partial charge is 0.496 e. The van der Waals surface area contributed by atoms with E-state index in [1.54, 1.807) is 67.6 Å². The number of methoxy groups -OCH3 is 4. The number of aryl methyl sites for hydroxylation is 2. The summed E-state index contributed by atoms with van der Waals surface area (Å²) >= 11 is 3.52. The molecule has 0 spiro atoms. The lowest BCUT2D eigenvalue weighted by Crippen LogP contribution is -2.45. The van der Waals surface area contributed by atoms with Crippen LogP contribution in [0.1, 0.15) is 197 Å². The van der Waals surface area contributed by atoms with Gasteiger partial charge in [0.2, 0.25) is 0 Å². The van der Waals surface area contributed by atoms with Gasteiger partial charge in [-0.3, -0.25) is 19.6 Å². The first-order chi connectivity index (χ1) is 51.5. The van der Waals surface area contributed by atoms with Crippen molar-refractivity contribution < 1.29 is 56.8 Å². The van der Waals surface area contributed by atoms with Crippen molar-refractivity contribution in [2.75, 3.05) is 93.9 Å². The van der Waals surface area contributed by atoms with Crippen molar-refractivity contribution in [1.82, 2.24) is 38.7 Å². The molecule has 5 aliphatic heterocycles. The Morgan fingerprint density at radius 3 is 1.27 bits per heavy atom. The monoisotopic (exact) mass is 1560 g/mol. The average Bonchev–Trinajstić information content (AvgIpc) is 1.37. The Bertz CT molecular complexity index is 3950. The molecule has 2 aromatic carbocycles. The number of piperidine rings is 4. The molecule has 0 bridgehead atoms. The van der Waals surface area contributed by atoms with Crippen molar-refractivity contribution in [2.24, 2.45) is 0 Å². The van der Waals surface area contributed by atoms with Crippen LogP contribution in [0.15, 0.2) is 87.6 Å². The summed E-state index contributed by atoms with van der Waals surface area (Å²) in [5, 5.41) is 3.11. The Labute approximate surface area is 650 Å². The van der Waals surface area contributed by atoms with Gasteiger partial charge in [-0.2, -0.15) is 0 Å². The van der Waals surface area contributed by atoms with Crippen LogP contribution >= 0.6 is 15.9 Å². The highest BCUT2D eigenvalue weighted by Crippen LogP contribution is 2.40. The average molecular weight is 1560 g/mol. The number of amides is 2. The molecule has 5 fully saturated rings. The number of benzene rings is 2. The Kier molecular flexibility index (Phi) is 31.1. The summed E-state index contributed by atoms with van der Waals surface area (Å²) < 4.78 is 64.7. The van der Waals surface area contributed by atoms with Crippen LogP contribution in [0.2, 0.25) is 0 Å². The van der Waals surface area contributed by atoms with Crippen molar-refractivity contribution >= 4 is 62.2 Å². The van der Waals surface area contributed by atoms with Crippen LogP contribution in [-0.4, -0.2) is 199 Å². The second kappa shape index (κ2) is 39.4. The molecule has 108 heavy (non-hydrogen) atoms. The second-order valence-electron chi connectivity index (χ2n) is 32.5. The van der Waals surface area contributed by atoms with E-state index in [2.05, 4.69) is 89.4 Å². The number of ether oxygens (including phenoxy) is 8. The molecule has 22 nitrogen and oxygen atoms in total. The van der Waals surface area contributed by atoms with Crippen LogP contribution in [0.5, 0.6) is 23.0 Å². The number of carbonyl (C=O) groups excluding carboxylic acids is 2. The van der Waals surface area contributed by atoms with Crippen molar-refractivity contribution in [3.05, 3.63) is 110 Å². The highest BCUT2D eigenvalue weighted by molar-refractivity contribution is 9.10. The SMILES string of the molecule is CCCCCCn1cc(-c2cc(OC)c(CCN3CCC(OC4CCN(C(=O)OC(C)(C)C)CC4)CC3)c(OC)c2)c2ccncc2c1=O.CCCCCCn1cc(Br)c2ccncc2c1=O.COc1cc(B2OC(C)(C)C(C)(C)O2)cc(OC)c1CCN1CCC(OC2CCN(C(=O)OC(C)(C)C)CC2)CC1. The summed E-state index contributed by atoms with van der Waals surface area (Å²) in [5.41, 5.74) is 3.20. The minimum atomic E-state index is -0.478. The molecule has 11 rings (SSSR count). The highest BCUT2D eigenvalue weighted by Gasteiger charge is 2.52. The highest BCUT2D eigenvalue weighted by atomic mass is 79.9. The van der Waals surface area contributed by atoms with Gasteiger partial charge in [-0.25, -0.2) is 9.59 Å². The Hall–Kier alpha value is -6.80. The fraction of sp³-hybridized carbons (Fsp3) is 0.643. The standard InChI is InChI=1S/C39H56N4O6.C31H51BN2O7.C14H17BrN2O/c1-7-8-9-10-18-43-27-34(31-11-17-40-26-33(31)37(43)44)28-24-35(46-5)32(36(25-28)47-6)16-21-41-19-12-29(13-20-41)48-30-14-22-42(23-15-30)38(45)49-39(2,3)4;1-29(2,3)39-28(35)34-18-12-24(13-19-34)38-23-10-15-33(16-11-23)17-14-25-26(36-8)20-22(21-27(25)37-9)32-40-30(4,5)31(6,7)41-32;1-2-3-4-5-8-17-10-13(15)11-6-7-16-9-12(11)14(17)18/h11,17,24-27,29-30H,7-10,12-16,18-23H2,1-6H3;20-21,23-24H,10-19H2,1-9H3;6-7,9-10H,2-5,8H2,1H3. The van der Waals surface area contributed by atoms with Crippen LogP contribution in [0.3, 0.4) is 0 Å². The van der Waals surface area contributed by atoms with Crippen molar-refractivity contribution in [3.8, 4) is 34.1 Å². The van der Waals surface area contributed by atoms with Gasteiger partial charge in [0, 0.05) is 142 Å². The first-order valence-electron chi connectivity index (χ1n) is 39.7. The van der Waals surface area contributed by atoms with E-state index in [9.17, 15) is 19.2 Å². The Morgan fingerprint density at radius 2 is 0.880 bits per heavy atom. The maximum absolute atomic E-state index is 13.3. The molecule has 9 heterocycles. The number of nitrogens with zero attached hydrogens (tertiary/aromatic N) is 8. The Morgan fingerprint density at radius 1 is 0.509 bits per heavy atom. The molecule has 0 saturated carbocycles. The van der Waals surface area contributed by atoms with Gasteiger partial charge in [-0.1, -0.05) is 52.4 Å². The van der Waals surface area contributed by atoms with Crippen LogP contribution in [0, 0.1) is 0 Å². The van der Waals surface area contributed by atoms with E-state index in [4.69, 9.17) is 47.2 Å². The third kappa shape index (κ3) is 23.4. The van der Waals surface area contributed by atoms with Gasteiger partial charge in [-0.05, 0) is 215 Å². The molecule has 594 valence electrons. The lowest BCUT2D eigenvalue weighted by Gasteiger charge is -2.37. The van der Waals surface area contributed by atoms with E-state index in [0.717, 1.165) is 208 Å². The first-order valence-corrected chi connectivity index (χ1v) is 40.5. The number of unbranched alkanes of at least 4 members (excludes halogenated alkanes) is 6. The molecule has 0 aliphatic carbocycles. The lowest BCUT2D eigenvalue weighted by molar-refractivity contribution is -0.0665. The minimum absolute atomic E-state index is 0.00310. The van der Waals surface area contributed by atoms with E-state index in [1.165, 1.54) is 19.3 Å². The number of pyridine rings is 4. The molecule has 0 unspecified atom stereocenters. The molecular weight excluding hydrogens is 1440 g/mol. The van der Waals surface area contributed by atoms with Gasteiger partial charge in [0.25, 0.3) is 11.1 Å². The zero-order chi connectivity index (χ0) is 77.9. The summed E-state index contributed by atoms with van der Waals surface area (Å²) in [6.07, 6.45) is 29.2. The predicted octanol–water partition coefficient (Wildman–Crippen LogP) is 15.2. The summed E-state index contributed by atoms with van der Waals surface area (Å²) in [7, 11) is 6.35. The van der Waals surface area contributed by atoms with E-state index < -0.39 is 29.5 Å². The summed E-state index contributed by atoms with van der Waals surface area (Å²) in [6.45, 7) is 34.0. The predicted molar refractivity (Wildman–Crippen MR) is 432 cm³/mol. The molecule has 24 heteroatoms. The van der Waals surface area contributed by atoms with E-state index in [1.807, 2.05) is 82.8 Å². The number of aromatic nitrogens is 4. The number of carbonyl (C=O) groups is 2. The normalized spacial score (nSPS) is 17.8. The van der Waals surface area contributed by atoms with Gasteiger partial charge in [0.1, 0.15) is 34.2 Å². The van der Waals surface area contributed by atoms with E-state index in [0.29, 0.717) is 43.5 Å². The summed E-state index contributed by atoms with van der Waals surface area (Å²) in [5.74, 6) is 3.16. The van der Waals surface area contributed by atoms with Gasteiger partial charge < -0.3 is 75.9 Å². The number of fused-ring (bicyclic) bond motifs is 2. The number of rotatable bonds is 26. The molecule has 0 radical (unpaired) electrons. The molecule has 0 N–H and O–H groups in total. The summed E-state index contributed by atoms with van der Waals surface area (Å²) in [4.78, 5) is 67.3. The van der Waals surface area contributed by atoms with Crippen LogP contribution in [-0.2, 0) is 54.2 Å². The number of hydrogen-bond donors (Lipinski definition) is 0. The maximum Gasteiger partial charge on any atom is 0.495 e. The number of halogens is 1. The van der Waals surface area contributed by atoms with Crippen molar-refractivity contribution in [1.29, 1.82) is 0 Å². The molecule has 5 saturated heterocycles. The zero-order valence-corrected chi connectivity index (χ0v) is 69.3. The van der Waals surface area contributed by atoms with E-state index in [-0.39, 0.29) is 47.7 Å². The number of hydrogen-bond acceptors (Lipinski definition) is 18. The third-order valence-electron chi connectivity index (χ3n) is 21.7. The van der Waals surface area contributed by atoms with Crippen molar-refractivity contribution in [2.45, 2.75) is 259 Å². The molecule has 0 atom stereocenters.